The second-order valence-electron chi connectivity index (χ2n) is 7.87. The number of carbonyl (C=O) groups is 1. The lowest BCUT2D eigenvalue weighted by molar-refractivity contribution is -0.138. The van der Waals surface area contributed by atoms with Gasteiger partial charge in [0.1, 0.15) is 0 Å². The summed E-state index contributed by atoms with van der Waals surface area (Å²) in [7, 11) is -3.70. The second-order valence-corrected chi connectivity index (χ2v) is 9.86. The van der Waals surface area contributed by atoms with E-state index in [4.69, 9.17) is 10.00 Å². The number of nitrogens with one attached hydrogen (secondary N) is 1. The molecule has 38 heavy (non-hydrogen) atoms. The highest BCUT2D eigenvalue weighted by atomic mass is 32.2. The molecule has 0 aliphatic heterocycles. The minimum Gasteiger partial charge on any atom is -0.494 e. The van der Waals surface area contributed by atoms with Gasteiger partial charge in [-0.1, -0.05) is 6.07 Å². The van der Waals surface area contributed by atoms with E-state index in [9.17, 15) is 44.7 Å². The number of aliphatic hydroxyl groups is 1. The number of rotatable bonds is 7. The molecule has 3 rings (SSSR count). The molecule has 200 valence electrons. The Labute approximate surface area is 211 Å². The Morgan fingerprint density at radius 3 is 2.24 bits per heavy atom. The predicted molar refractivity (Wildman–Crippen MR) is 120 cm³/mol. The molecule has 14 heteroatoms. The molecule has 1 atom stereocenters. The molecule has 0 radical (unpaired) electrons. The van der Waals surface area contributed by atoms with Crippen LogP contribution in [0.5, 0.6) is 5.75 Å². The van der Waals surface area contributed by atoms with Crippen LogP contribution in [0.15, 0.2) is 59.5 Å². The average Bonchev–Trinajstić information content (AvgIpc) is 2.84. The zero-order chi connectivity index (χ0) is 28.5. The van der Waals surface area contributed by atoms with Crippen LogP contribution in [-0.2, 0) is 26.4 Å². The normalized spacial score (nSPS) is 13.3. The van der Waals surface area contributed by atoms with Crippen molar-refractivity contribution < 1.29 is 49.4 Å². The molecule has 1 unspecified atom stereocenters. The van der Waals surface area contributed by atoms with Crippen molar-refractivity contribution in [3.8, 4) is 11.8 Å². The third kappa shape index (κ3) is 5.74. The topological polar surface area (TPSA) is 116 Å². The molecule has 0 heterocycles. The SMILES string of the molecule is COc1ccc(C(O)(CS(=O)(=O)c2ccc(F)c(F)c2)C(=O)Nc2ccc(C#N)c(C(F)(F)F)c2)cc1F. The van der Waals surface area contributed by atoms with Crippen LogP contribution in [-0.4, -0.2) is 32.3 Å². The number of nitriles is 1. The van der Waals surface area contributed by atoms with Crippen LogP contribution in [0.2, 0.25) is 0 Å². The lowest BCUT2D eigenvalue weighted by atomic mass is 9.94. The number of methoxy groups -OCH3 is 1. The molecule has 0 spiro atoms. The highest BCUT2D eigenvalue weighted by Gasteiger charge is 2.44. The molecule has 3 aromatic carbocycles. The molecule has 0 saturated heterocycles. The Balaban J connectivity index is 2.11. The van der Waals surface area contributed by atoms with Crippen molar-refractivity contribution in [2.75, 3.05) is 18.2 Å². The molecule has 7 nitrogen and oxygen atoms in total. The van der Waals surface area contributed by atoms with Crippen LogP contribution in [0.1, 0.15) is 16.7 Å². The average molecular weight is 558 g/mol. The molecule has 0 fully saturated rings. The third-order valence-electron chi connectivity index (χ3n) is 5.36. The minimum atomic E-state index is -5.00. The summed E-state index contributed by atoms with van der Waals surface area (Å²) in [5, 5.41) is 22.2. The van der Waals surface area contributed by atoms with E-state index in [0.717, 1.165) is 31.4 Å². The Kier molecular flexibility index (Phi) is 7.75. The number of nitrogens with zero attached hydrogens (tertiary/aromatic N) is 1. The van der Waals surface area contributed by atoms with Gasteiger partial charge in [-0.2, -0.15) is 18.4 Å². The first-order chi connectivity index (χ1) is 17.6. The molecule has 0 bridgehead atoms. The summed E-state index contributed by atoms with van der Waals surface area (Å²) in [5.74, 6) is -7.56. The maximum atomic E-state index is 14.4. The van der Waals surface area contributed by atoms with Crippen LogP contribution >= 0.6 is 0 Å². The zero-order valence-electron chi connectivity index (χ0n) is 19.1. The van der Waals surface area contributed by atoms with E-state index in [1.54, 1.807) is 0 Å². The van der Waals surface area contributed by atoms with Crippen LogP contribution in [0.4, 0.5) is 32.0 Å². The number of alkyl halides is 3. The molecule has 2 N–H and O–H groups in total. The van der Waals surface area contributed by atoms with E-state index in [2.05, 4.69) is 0 Å². The van der Waals surface area contributed by atoms with Gasteiger partial charge >= 0.3 is 6.18 Å². The molecule has 0 aliphatic rings. The van der Waals surface area contributed by atoms with Crippen LogP contribution in [0.3, 0.4) is 0 Å². The highest BCUT2D eigenvalue weighted by molar-refractivity contribution is 7.91. The molecule has 0 aromatic heterocycles. The second kappa shape index (κ2) is 10.3. The summed E-state index contributed by atoms with van der Waals surface area (Å²) in [6.45, 7) is 0. The van der Waals surface area contributed by atoms with Crippen molar-refractivity contribution in [2.24, 2.45) is 0 Å². The number of amides is 1. The number of hydrogen-bond donors (Lipinski definition) is 2. The van der Waals surface area contributed by atoms with Crippen molar-refractivity contribution in [3.05, 3.63) is 88.7 Å². The van der Waals surface area contributed by atoms with Gasteiger partial charge in [0, 0.05) is 5.69 Å². The first-order valence-electron chi connectivity index (χ1n) is 10.3. The quantitative estimate of drug-likeness (QED) is 0.330. The molecule has 1 amide bonds. The van der Waals surface area contributed by atoms with E-state index in [-0.39, 0.29) is 5.75 Å². The maximum absolute atomic E-state index is 14.4. The standard InChI is InChI=1S/C24H16F6N2O5S/c1-37-21-7-3-14(8-20(21)27)23(34,12-38(35,36)16-5-6-18(25)19(26)10-16)22(33)32-15-4-2-13(11-31)17(9-15)24(28,29)30/h2-10,34H,12H2,1H3,(H,32,33). The summed E-state index contributed by atoms with van der Waals surface area (Å²) in [6, 6.07) is 7.27. The van der Waals surface area contributed by atoms with Crippen molar-refractivity contribution in [3.63, 3.8) is 0 Å². The Hall–Kier alpha value is -4.09. The van der Waals surface area contributed by atoms with Gasteiger partial charge in [0.15, 0.2) is 38.6 Å². The van der Waals surface area contributed by atoms with Crippen molar-refractivity contribution in [1.82, 2.24) is 0 Å². The van der Waals surface area contributed by atoms with Crippen molar-refractivity contribution in [1.29, 1.82) is 5.26 Å². The molecular formula is C24H16F6N2O5S. The van der Waals surface area contributed by atoms with Crippen molar-refractivity contribution in [2.45, 2.75) is 16.7 Å². The smallest absolute Gasteiger partial charge is 0.417 e. The lowest BCUT2D eigenvalue weighted by Crippen LogP contribution is -2.46. The van der Waals surface area contributed by atoms with E-state index in [1.165, 1.54) is 6.07 Å². The number of halogens is 6. The Morgan fingerprint density at radius 2 is 1.68 bits per heavy atom. The number of benzene rings is 3. The number of sulfone groups is 1. The van der Waals surface area contributed by atoms with Crippen LogP contribution < -0.4 is 10.1 Å². The number of anilines is 1. The van der Waals surface area contributed by atoms with Gasteiger partial charge in [-0.25, -0.2) is 21.6 Å². The van der Waals surface area contributed by atoms with Gasteiger partial charge in [-0.05, 0) is 54.1 Å². The molecular weight excluding hydrogens is 542 g/mol. The van der Waals surface area contributed by atoms with Gasteiger partial charge in [0.2, 0.25) is 0 Å². The summed E-state index contributed by atoms with van der Waals surface area (Å²) in [6.07, 6.45) is -5.00. The fourth-order valence-electron chi connectivity index (χ4n) is 3.42. The van der Waals surface area contributed by atoms with Gasteiger partial charge in [-0.15, -0.1) is 0 Å². The maximum Gasteiger partial charge on any atom is 0.417 e. The summed E-state index contributed by atoms with van der Waals surface area (Å²) in [5.41, 5.74) is -6.60. The number of ether oxygens (including phenoxy) is 1. The van der Waals surface area contributed by atoms with Gasteiger partial charge in [-0.3, -0.25) is 4.79 Å². The first-order valence-corrected chi connectivity index (χ1v) is 11.9. The summed E-state index contributed by atoms with van der Waals surface area (Å²) in [4.78, 5) is 12.3. The highest BCUT2D eigenvalue weighted by Crippen LogP contribution is 2.35. The molecule has 0 saturated carbocycles. The number of carbonyl (C=O) groups excluding carboxylic acids is 1. The minimum absolute atomic E-state index is 0.299. The third-order valence-corrected chi connectivity index (χ3v) is 7.13. The van der Waals surface area contributed by atoms with Crippen molar-refractivity contribution >= 4 is 21.4 Å². The van der Waals surface area contributed by atoms with Gasteiger partial charge in [0.05, 0.1) is 35.0 Å². The summed E-state index contributed by atoms with van der Waals surface area (Å²) < 4.78 is 112. The van der Waals surface area contributed by atoms with Crippen LogP contribution in [0, 0.1) is 28.8 Å². The Morgan fingerprint density at radius 1 is 1.00 bits per heavy atom. The van der Waals surface area contributed by atoms with E-state index < -0.39 is 78.0 Å². The van der Waals surface area contributed by atoms with E-state index in [1.807, 2.05) is 5.32 Å². The molecule has 0 aliphatic carbocycles. The number of hydrogen-bond acceptors (Lipinski definition) is 6. The lowest BCUT2D eigenvalue weighted by Gasteiger charge is -2.28. The van der Waals surface area contributed by atoms with Crippen LogP contribution in [0.25, 0.3) is 0 Å². The van der Waals surface area contributed by atoms with E-state index in [0.29, 0.717) is 30.3 Å². The predicted octanol–water partition coefficient (Wildman–Crippen LogP) is 4.30. The monoisotopic (exact) mass is 558 g/mol. The first kappa shape index (κ1) is 28.5. The zero-order valence-corrected chi connectivity index (χ0v) is 19.9. The Bertz CT molecular complexity index is 1550. The van der Waals surface area contributed by atoms with E-state index >= 15 is 0 Å². The fourth-order valence-corrected chi connectivity index (χ4v) is 4.99. The summed E-state index contributed by atoms with van der Waals surface area (Å²) >= 11 is 0. The fraction of sp³-hybridized carbons (Fsp3) is 0.167. The van der Waals surface area contributed by atoms with Gasteiger partial charge in [0.25, 0.3) is 5.91 Å². The van der Waals surface area contributed by atoms with Gasteiger partial charge < -0.3 is 15.2 Å². The molecule has 3 aromatic rings. The largest absolute Gasteiger partial charge is 0.494 e.